The van der Waals surface area contributed by atoms with Crippen LogP contribution in [0, 0.1) is 0 Å². The topological polar surface area (TPSA) is 40.2 Å². The molecule has 1 aromatic heterocycles. The molecule has 0 spiro atoms. The maximum atomic E-state index is 12.6. The number of fused-ring (bicyclic) bond motifs is 1. The van der Waals surface area contributed by atoms with Crippen LogP contribution in [0.15, 0.2) is 30.5 Å². The molecule has 0 bridgehead atoms. The molecule has 0 aliphatic heterocycles. The maximum Gasteiger partial charge on any atom is 0.417 e. The van der Waals surface area contributed by atoms with E-state index in [0.717, 1.165) is 6.07 Å². The maximum absolute atomic E-state index is 12.6. The fourth-order valence-electron chi connectivity index (χ4n) is 1.52. The van der Waals surface area contributed by atoms with Crippen LogP contribution in [0.5, 0.6) is 0 Å². The van der Waals surface area contributed by atoms with E-state index in [-0.39, 0.29) is 11.1 Å². The quantitative estimate of drug-likeness (QED) is 0.716. The van der Waals surface area contributed by atoms with Crippen LogP contribution in [-0.4, -0.2) is 0 Å². The lowest BCUT2D eigenvalue weighted by molar-refractivity contribution is -0.344. The summed E-state index contributed by atoms with van der Waals surface area (Å²) < 4.78 is 37.9. The Labute approximate surface area is 83.5 Å². The van der Waals surface area contributed by atoms with E-state index in [9.17, 15) is 13.2 Å². The Bertz CT molecular complexity index is 500. The first-order chi connectivity index (χ1) is 7.00. The third-order valence-electron chi connectivity index (χ3n) is 2.16. The molecule has 1 heterocycles. The van der Waals surface area contributed by atoms with Gasteiger partial charge in [0.1, 0.15) is 0 Å². The Morgan fingerprint density at radius 1 is 1.13 bits per heavy atom. The number of anilines is 1. The van der Waals surface area contributed by atoms with Gasteiger partial charge in [0.2, 0.25) is 5.52 Å². The van der Waals surface area contributed by atoms with E-state index >= 15 is 0 Å². The minimum atomic E-state index is -4.39. The van der Waals surface area contributed by atoms with E-state index in [4.69, 9.17) is 5.73 Å². The fourth-order valence-corrected chi connectivity index (χ4v) is 1.52. The van der Waals surface area contributed by atoms with Crippen molar-refractivity contribution in [1.82, 2.24) is 0 Å². The number of aromatic amines is 1. The predicted octanol–water partition coefficient (Wildman–Crippen LogP) is 2.25. The summed E-state index contributed by atoms with van der Waals surface area (Å²) in [7, 11) is 0. The molecule has 0 aliphatic rings. The number of halogens is 3. The molecule has 15 heavy (non-hydrogen) atoms. The number of nitrogens with two attached hydrogens (primary N) is 1. The van der Waals surface area contributed by atoms with Gasteiger partial charge in [-0.3, -0.25) is 0 Å². The van der Waals surface area contributed by atoms with Crippen LogP contribution in [0.3, 0.4) is 0 Å². The van der Waals surface area contributed by atoms with Gasteiger partial charge in [-0.25, -0.2) is 4.98 Å². The minimum absolute atomic E-state index is 0.0208. The lowest BCUT2D eigenvalue weighted by Crippen LogP contribution is -2.11. The molecule has 0 saturated heterocycles. The number of benzene rings is 1. The fraction of sp³-hybridized carbons (Fsp3) is 0.100. The summed E-state index contributed by atoms with van der Waals surface area (Å²) in [5.41, 5.74) is 5.32. The first kappa shape index (κ1) is 9.76. The predicted molar refractivity (Wildman–Crippen MR) is 49.9 cm³/mol. The second-order valence-electron chi connectivity index (χ2n) is 3.16. The molecule has 0 fully saturated rings. The number of hydrogen-bond donors (Lipinski definition) is 1. The zero-order chi connectivity index (χ0) is 11.1. The van der Waals surface area contributed by atoms with Crippen molar-refractivity contribution < 1.29 is 18.2 Å². The van der Waals surface area contributed by atoms with Gasteiger partial charge in [0.15, 0.2) is 6.20 Å². The molecule has 0 atom stereocenters. The largest absolute Gasteiger partial charge is 0.417 e. The molecule has 0 radical (unpaired) electrons. The number of pyridine rings is 1. The van der Waals surface area contributed by atoms with Gasteiger partial charge in [0, 0.05) is 12.1 Å². The van der Waals surface area contributed by atoms with Gasteiger partial charge in [-0.05, 0) is 6.07 Å². The number of aromatic nitrogens is 1. The Balaban J connectivity index is 2.86. The summed E-state index contributed by atoms with van der Waals surface area (Å²) in [4.78, 5) is 2.72. The second kappa shape index (κ2) is 3.12. The molecule has 2 nitrogen and oxygen atoms in total. The number of hydrogen-bond acceptors (Lipinski definition) is 1. The average molecular weight is 213 g/mol. The first-order valence-electron chi connectivity index (χ1n) is 4.26. The number of alkyl halides is 3. The molecular formula is C10H8F3N2+. The van der Waals surface area contributed by atoms with Gasteiger partial charge < -0.3 is 5.73 Å². The standard InChI is InChI=1S/C10H7F3N2/c11-10(12,13)6-2-1-3-8-9(6)7(14)4-5-15-8/h1-5H,(H2,14,15)/p+1. The summed E-state index contributed by atoms with van der Waals surface area (Å²) in [6, 6.07) is 5.34. The van der Waals surface area contributed by atoms with Crippen molar-refractivity contribution in [3.05, 3.63) is 36.0 Å². The van der Waals surface area contributed by atoms with Crippen LogP contribution in [-0.2, 0) is 6.18 Å². The molecule has 1 aromatic carbocycles. The SMILES string of the molecule is Nc1cc[nH+]c2cccc(C(F)(F)F)c12. The monoisotopic (exact) mass is 213 g/mol. The zero-order valence-electron chi connectivity index (χ0n) is 7.60. The smallest absolute Gasteiger partial charge is 0.398 e. The van der Waals surface area contributed by atoms with Gasteiger partial charge in [0.25, 0.3) is 0 Å². The summed E-state index contributed by atoms with van der Waals surface area (Å²) >= 11 is 0. The van der Waals surface area contributed by atoms with Crippen molar-refractivity contribution in [1.29, 1.82) is 0 Å². The Hall–Kier alpha value is -1.78. The Kier molecular flexibility index (Phi) is 2.03. The lowest BCUT2D eigenvalue weighted by Gasteiger charge is -2.08. The van der Waals surface area contributed by atoms with E-state index in [1.54, 1.807) is 6.07 Å². The van der Waals surface area contributed by atoms with E-state index in [0.29, 0.717) is 5.52 Å². The molecule has 3 N–H and O–H groups in total. The average Bonchev–Trinajstić information content (AvgIpc) is 2.16. The van der Waals surface area contributed by atoms with Crippen LogP contribution < -0.4 is 10.7 Å². The number of nitrogen functional groups attached to an aromatic ring is 1. The van der Waals surface area contributed by atoms with Crippen molar-refractivity contribution in [3.8, 4) is 0 Å². The molecule has 2 rings (SSSR count). The van der Waals surface area contributed by atoms with E-state index in [1.807, 2.05) is 0 Å². The lowest BCUT2D eigenvalue weighted by atomic mass is 10.1. The van der Waals surface area contributed by atoms with Crippen LogP contribution in [0.25, 0.3) is 10.9 Å². The zero-order valence-corrected chi connectivity index (χ0v) is 7.60. The highest BCUT2D eigenvalue weighted by molar-refractivity contribution is 5.91. The molecule has 5 heteroatoms. The summed E-state index contributed by atoms with van der Waals surface area (Å²) in [6.07, 6.45) is -2.87. The molecule has 0 aliphatic carbocycles. The Morgan fingerprint density at radius 2 is 1.87 bits per heavy atom. The van der Waals surface area contributed by atoms with Crippen molar-refractivity contribution in [2.75, 3.05) is 5.73 Å². The van der Waals surface area contributed by atoms with Crippen molar-refractivity contribution in [3.63, 3.8) is 0 Å². The summed E-state index contributed by atoms with van der Waals surface area (Å²) in [5, 5.41) is 0.0208. The van der Waals surface area contributed by atoms with E-state index < -0.39 is 11.7 Å². The van der Waals surface area contributed by atoms with Crippen LogP contribution in [0.1, 0.15) is 5.56 Å². The molecule has 0 saturated carbocycles. The highest BCUT2D eigenvalue weighted by atomic mass is 19.4. The highest BCUT2D eigenvalue weighted by Crippen LogP contribution is 2.35. The number of rotatable bonds is 0. The van der Waals surface area contributed by atoms with Crippen molar-refractivity contribution in [2.45, 2.75) is 6.18 Å². The van der Waals surface area contributed by atoms with E-state index in [2.05, 4.69) is 4.98 Å². The van der Waals surface area contributed by atoms with Crippen LogP contribution >= 0.6 is 0 Å². The molecule has 2 aromatic rings. The third-order valence-corrected chi connectivity index (χ3v) is 2.16. The molecular weight excluding hydrogens is 205 g/mol. The number of H-pyrrole nitrogens is 1. The second-order valence-corrected chi connectivity index (χ2v) is 3.16. The van der Waals surface area contributed by atoms with Gasteiger partial charge in [-0.1, -0.05) is 6.07 Å². The van der Waals surface area contributed by atoms with Gasteiger partial charge in [-0.2, -0.15) is 13.2 Å². The molecule has 0 unspecified atom stereocenters. The van der Waals surface area contributed by atoms with E-state index in [1.165, 1.54) is 18.3 Å². The van der Waals surface area contributed by atoms with Gasteiger partial charge >= 0.3 is 6.18 Å². The summed E-state index contributed by atoms with van der Waals surface area (Å²) in [5.74, 6) is 0. The van der Waals surface area contributed by atoms with Gasteiger partial charge in [-0.15, -0.1) is 0 Å². The third kappa shape index (κ3) is 1.60. The highest BCUT2D eigenvalue weighted by Gasteiger charge is 2.34. The molecule has 78 valence electrons. The number of nitrogens with one attached hydrogen (secondary N) is 1. The normalized spacial score (nSPS) is 11.9. The Morgan fingerprint density at radius 3 is 2.53 bits per heavy atom. The minimum Gasteiger partial charge on any atom is -0.398 e. The first-order valence-corrected chi connectivity index (χ1v) is 4.26. The van der Waals surface area contributed by atoms with Gasteiger partial charge in [0.05, 0.1) is 16.6 Å². The van der Waals surface area contributed by atoms with Crippen molar-refractivity contribution in [2.24, 2.45) is 0 Å². The van der Waals surface area contributed by atoms with Crippen molar-refractivity contribution >= 4 is 16.6 Å². The summed E-state index contributed by atoms with van der Waals surface area (Å²) in [6.45, 7) is 0. The van der Waals surface area contributed by atoms with Crippen LogP contribution in [0.4, 0.5) is 18.9 Å². The van der Waals surface area contributed by atoms with Crippen LogP contribution in [0.2, 0.25) is 0 Å². The molecule has 0 amide bonds.